The second kappa shape index (κ2) is 5.52. The highest BCUT2D eigenvalue weighted by molar-refractivity contribution is 5.76. The number of amidine groups is 1. The minimum atomic E-state index is -0.450. The van der Waals surface area contributed by atoms with Crippen LogP contribution in [0.1, 0.15) is 12.8 Å². The van der Waals surface area contributed by atoms with Crippen LogP contribution in [-0.4, -0.2) is 25.6 Å². The van der Waals surface area contributed by atoms with Crippen molar-refractivity contribution in [1.29, 1.82) is 5.41 Å². The van der Waals surface area contributed by atoms with Gasteiger partial charge in [-0.2, -0.15) is 0 Å². The van der Waals surface area contributed by atoms with E-state index in [1.165, 1.54) is 7.11 Å². The number of hydrogen-bond donors (Lipinski definition) is 3. The molecule has 0 aromatic rings. The molecule has 0 radical (unpaired) electrons. The molecule has 1 amide bonds. The smallest absolute Gasteiger partial charge is 0.406 e. The van der Waals surface area contributed by atoms with Gasteiger partial charge in [-0.25, -0.2) is 4.79 Å². The highest BCUT2D eigenvalue weighted by Crippen LogP contribution is 1.84. The van der Waals surface area contributed by atoms with Gasteiger partial charge in [0.2, 0.25) is 0 Å². The molecule has 5 nitrogen and oxygen atoms in total. The van der Waals surface area contributed by atoms with E-state index in [-0.39, 0.29) is 5.84 Å². The van der Waals surface area contributed by atoms with Gasteiger partial charge in [0.05, 0.1) is 12.9 Å². The van der Waals surface area contributed by atoms with Gasteiger partial charge in [-0.15, -0.1) is 0 Å². The summed E-state index contributed by atoms with van der Waals surface area (Å²) in [6.45, 7) is 0.492. The quantitative estimate of drug-likeness (QED) is 0.308. The van der Waals surface area contributed by atoms with E-state index in [0.717, 1.165) is 0 Å². The summed E-state index contributed by atoms with van der Waals surface area (Å²) >= 11 is 0. The van der Waals surface area contributed by atoms with Crippen molar-refractivity contribution >= 4 is 11.9 Å². The summed E-state index contributed by atoms with van der Waals surface area (Å²) in [5.74, 6) is 0.136. The number of carbonyl (C=O) groups excluding carboxylic acids is 1. The van der Waals surface area contributed by atoms with Gasteiger partial charge >= 0.3 is 6.09 Å². The molecule has 0 atom stereocenters. The van der Waals surface area contributed by atoms with Crippen LogP contribution >= 0.6 is 0 Å². The van der Waals surface area contributed by atoms with Crippen molar-refractivity contribution in [2.45, 2.75) is 12.8 Å². The largest absolute Gasteiger partial charge is 0.453 e. The molecule has 0 saturated carbocycles. The summed E-state index contributed by atoms with van der Waals surface area (Å²) in [4.78, 5) is 10.4. The van der Waals surface area contributed by atoms with Gasteiger partial charge in [0, 0.05) is 13.0 Å². The van der Waals surface area contributed by atoms with E-state index in [9.17, 15) is 4.79 Å². The summed E-state index contributed by atoms with van der Waals surface area (Å²) in [7, 11) is 1.31. The highest BCUT2D eigenvalue weighted by atomic mass is 16.5. The van der Waals surface area contributed by atoms with Gasteiger partial charge < -0.3 is 15.8 Å². The molecule has 0 aliphatic carbocycles. The molecule has 0 bridgehead atoms. The van der Waals surface area contributed by atoms with Crippen LogP contribution in [0.3, 0.4) is 0 Å². The molecule has 11 heavy (non-hydrogen) atoms. The lowest BCUT2D eigenvalue weighted by Gasteiger charge is -2.01. The molecule has 0 aliphatic heterocycles. The Labute approximate surface area is 65.4 Å². The number of amides is 1. The van der Waals surface area contributed by atoms with Crippen molar-refractivity contribution in [3.05, 3.63) is 0 Å². The predicted molar refractivity (Wildman–Crippen MR) is 41.6 cm³/mol. The normalized spacial score (nSPS) is 8.82. The molecule has 0 unspecified atom stereocenters. The number of methoxy groups -OCH3 is 1. The van der Waals surface area contributed by atoms with Gasteiger partial charge in [0.25, 0.3) is 0 Å². The zero-order chi connectivity index (χ0) is 8.69. The Morgan fingerprint density at radius 2 is 2.36 bits per heavy atom. The Kier molecular flexibility index (Phi) is 4.89. The first-order chi connectivity index (χ1) is 5.16. The maximum absolute atomic E-state index is 10.4. The number of nitrogens with one attached hydrogen (secondary N) is 2. The van der Waals surface area contributed by atoms with Crippen molar-refractivity contribution in [1.82, 2.24) is 5.32 Å². The molecule has 5 heteroatoms. The predicted octanol–water partition coefficient (Wildman–Crippen LogP) is 0.0586. The molecule has 64 valence electrons. The first-order valence-corrected chi connectivity index (χ1v) is 3.31. The maximum atomic E-state index is 10.4. The number of ether oxygens (including phenoxy) is 1. The Morgan fingerprint density at radius 1 is 1.73 bits per heavy atom. The summed E-state index contributed by atoms with van der Waals surface area (Å²) in [6.07, 6.45) is 0.725. The number of carbonyl (C=O) groups is 1. The van der Waals surface area contributed by atoms with Crippen LogP contribution < -0.4 is 11.1 Å². The Hall–Kier alpha value is -1.26. The standard InChI is InChI=1S/C6H13N3O2/c1-11-6(10)9-4-2-3-5(7)8/h2-4H2,1H3,(H3,7,8)(H,9,10). The molecule has 4 N–H and O–H groups in total. The fourth-order valence-corrected chi connectivity index (χ4v) is 0.541. The molecular formula is C6H13N3O2. The first-order valence-electron chi connectivity index (χ1n) is 3.31. The lowest BCUT2D eigenvalue weighted by molar-refractivity contribution is 0.171. The summed E-state index contributed by atoms with van der Waals surface area (Å²) < 4.78 is 4.32. The van der Waals surface area contributed by atoms with E-state index in [0.29, 0.717) is 19.4 Å². The fourth-order valence-electron chi connectivity index (χ4n) is 0.541. The average Bonchev–Trinajstić information content (AvgIpc) is 1.97. The summed E-state index contributed by atoms with van der Waals surface area (Å²) in [5.41, 5.74) is 5.08. The molecule has 0 fully saturated rings. The third-order valence-electron chi connectivity index (χ3n) is 1.08. The van der Waals surface area contributed by atoms with E-state index in [1.807, 2.05) is 0 Å². The highest BCUT2D eigenvalue weighted by Gasteiger charge is 1.96. The van der Waals surface area contributed by atoms with Crippen LogP contribution in [0.4, 0.5) is 4.79 Å². The van der Waals surface area contributed by atoms with Gasteiger partial charge in [0.1, 0.15) is 0 Å². The SMILES string of the molecule is COC(=O)NCCCC(=N)N. The van der Waals surface area contributed by atoms with Crippen molar-refractivity contribution in [3.8, 4) is 0 Å². The molecule has 0 aromatic carbocycles. The van der Waals surface area contributed by atoms with Crippen LogP contribution in [0.25, 0.3) is 0 Å². The number of hydrogen-bond acceptors (Lipinski definition) is 3. The third-order valence-corrected chi connectivity index (χ3v) is 1.08. The van der Waals surface area contributed by atoms with Crippen LogP contribution in [0, 0.1) is 5.41 Å². The minimum absolute atomic E-state index is 0.136. The van der Waals surface area contributed by atoms with Crippen molar-refractivity contribution in [2.24, 2.45) is 5.73 Å². The number of rotatable bonds is 4. The third kappa shape index (κ3) is 6.63. The molecular weight excluding hydrogens is 146 g/mol. The minimum Gasteiger partial charge on any atom is -0.453 e. The van der Waals surface area contributed by atoms with Gasteiger partial charge in [-0.1, -0.05) is 0 Å². The molecule has 0 saturated heterocycles. The molecule has 0 heterocycles. The monoisotopic (exact) mass is 159 g/mol. The second-order valence-electron chi connectivity index (χ2n) is 2.05. The zero-order valence-corrected chi connectivity index (χ0v) is 6.52. The fraction of sp³-hybridized carbons (Fsp3) is 0.667. The molecule has 0 rings (SSSR count). The van der Waals surface area contributed by atoms with E-state index >= 15 is 0 Å². The maximum Gasteiger partial charge on any atom is 0.406 e. The number of nitrogens with two attached hydrogens (primary N) is 1. The van der Waals surface area contributed by atoms with E-state index < -0.39 is 6.09 Å². The lowest BCUT2D eigenvalue weighted by Crippen LogP contribution is -2.25. The average molecular weight is 159 g/mol. The molecule has 0 aliphatic rings. The topological polar surface area (TPSA) is 88.2 Å². The first kappa shape index (κ1) is 9.74. The van der Waals surface area contributed by atoms with Gasteiger partial charge in [-0.3, -0.25) is 5.41 Å². The van der Waals surface area contributed by atoms with Crippen LogP contribution in [0.5, 0.6) is 0 Å². The summed E-state index contributed by atoms with van der Waals surface area (Å²) in [6, 6.07) is 0. The summed E-state index contributed by atoms with van der Waals surface area (Å²) in [5, 5.41) is 9.33. The van der Waals surface area contributed by atoms with Crippen molar-refractivity contribution in [2.75, 3.05) is 13.7 Å². The van der Waals surface area contributed by atoms with E-state index in [1.54, 1.807) is 0 Å². The molecule has 0 aromatic heterocycles. The van der Waals surface area contributed by atoms with Crippen LogP contribution in [-0.2, 0) is 4.74 Å². The van der Waals surface area contributed by atoms with Gasteiger partial charge in [-0.05, 0) is 6.42 Å². The Bertz CT molecular complexity index is 147. The lowest BCUT2D eigenvalue weighted by atomic mass is 10.3. The van der Waals surface area contributed by atoms with Crippen molar-refractivity contribution < 1.29 is 9.53 Å². The Balaban J connectivity index is 3.14. The van der Waals surface area contributed by atoms with E-state index in [4.69, 9.17) is 11.1 Å². The number of alkyl carbamates (subject to hydrolysis) is 1. The zero-order valence-electron chi connectivity index (χ0n) is 6.52. The van der Waals surface area contributed by atoms with Gasteiger partial charge in [0.15, 0.2) is 0 Å². The van der Waals surface area contributed by atoms with Crippen molar-refractivity contribution in [3.63, 3.8) is 0 Å². The van der Waals surface area contributed by atoms with E-state index in [2.05, 4.69) is 10.1 Å². The van der Waals surface area contributed by atoms with Crippen LogP contribution in [0.2, 0.25) is 0 Å². The second-order valence-corrected chi connectivity index (χ2v) is 2.05. The Morgan fingerprint density at radius 3 is 2.82 bits per heavy atom. The molecule has 0 spiro atoms. The van der Waals surface area contributed by atoms with Crippen LogP contribution in [0.15, 0.2) is 0 Å².